The highest BCUT2D eigenvalue weighted by Crippen LogP contribution is 2.51. The lowest BCUT2D eigenvalue weighted by Crippen LogP contribution is -2.38. The molecule has 0 saturated carbocycles. The Morgan fingerprint density at radius 3 is 2.36 bits per heavy atom. The van der Waals surface area contributed by atoms with Crippen molar-refractivity contribution < 1.29 is 18.6 Å². The van der Waals surface area contributed by atoms with Gasteiger partial charge in [-0.2, -0.15) is 0 Å². The van der Waals surface area contributed by atoms with E-state index in [1.165, 1.54) is 6.07 Å². The molecule has 0 radical (unpaired) electrons. The number of nitrogens with zero attached hydrogens (tertiary/aromatic N) is 1. The van der Waals surface area contributed by atoms with Gasteiger partial charge in [-0.3, -0.25) is 0 Å². The third-order valence-corrected chi connectivity index (χ3v) is 6.56. The van der Waals surface area contributed by atoms with Crippen LogP contribution in [0.3, 0.4) is 0 Å². The van der Waals surface area contributed by atoms with Crippen molar-refractivity contribution in [2.45, 2.75) is 12.7 Å². The Bertz CT molecular complexity index is 1240. The van der Waals surface area contributed by atoms with E-state index in [4.69, 9.17) is 37.4 Å². The summed E-state index contributed by atoms with van der Waals surface area (Å²) in [5.41, 5.74) is 3.47. The fourth-order valence-corrected chi connectivity index (χ4v) is 4.85. The Morgan fingerprint density at radius 1 is 0.970 bits per heavy atom. The van der Waals surface area contributed by atoms with Crippen LogP contribution in [-0.2, 0) is 10.5 Å². The number of rotatable bonds is 4. The first kappa shape index (κ1) is 22.1. The van der Waals surface area contributed by atoms with Gasteiger partial charge < -0.3 is 19.1 Å². The first-order valence-corrected chi connectivity index (χ1v) is 11.4. The third kappa shape index (κ3) is 3.84. The zero-order valence-corrected chi connectivity index (χ0v) is 19.5. The molecule has 2 aliphatic heterocycles. The molecule has 33 heavy (non-hydrogen) atoms. The van der Waals surface area contributed by atoms with E-state index in [9.17, 15) is 0 Å². The second-order valence-corrected chi connectivity index (χ2v) is 8.93. The fourth-order valence-electron chi connectivity index (χ4n) is 4.32. The quantitative estimate of drug-likeness (QED) is 0.426. The van der Waals surface area contributed by atoms with Gasteiger partial charge in [-0.1, -0.05) is 41.9 Å². The lowest BCUT2D eigenvalue weighted by Gasteiger charge is -2.31. The van der Waals surface area contributed by atoms with Crippen LogP contribution < -0.4 is 9.47 Å². The average molecular weight is 486 g/mol. The molecule has 0 amide bonds. The molecule has 1 saturated heterocycles. The average Bonchev–Trinajstić information content (AvgIpc) is 3.17. The summed E-state index contributed by atoms with van der Waals surface area (Å²) in [5, 5.41) is 0.774. The van der Waals surface area contributed by atoms with Gasteiger partial charge in [0.1, 0.15) is 5.82 Å². The maximum Gasteiger partial charge on any atom is 0.309 e. The summed E-state index contributed by atoms with van der Waals surface area (Å²) in [6, 6.07) is 15.1. The first-order chi connectivity index (χ1) is 15.9. The summed E-state index contributed by atoms with van der Waals surface area (Å²) in [7, 11) is 0. The zero-order chi connectivity index (χ0) is 23.2. The maximum atomic E-state index is 15.1. The van der Waals surface area contributed by atoms with Gasteiger partial charge >= 0.3 is 5.79 Å². The second kappa shape index (κ2) is 8.56. The van der Waals surface area contributed by atoms with Crippen molar-refractivity contribution >= 4 is 28.9 Å². The van der Waals surface area contributed by atoms with Crippen LogP contribution in [0, 0.1) is 12.7 Å². The molecule has 170 valence electrons. The number of ether oxygens (including phenoxy) is 3. The summed E-state index contributed by atoms with van der Waals surface area (Å²) < 4.78 is 33.3. The fraction of sp³-hybridized carbons (Fsp3) is 0.231. The van der Waals surface area contributed by atoms with Gasteiger partial charge in [0, 0.05) is 29.4 Å². The molecule has 0 N–H and O–H groups in total. The second-order valence-electron chi connectivity index (χ2n) is 8.08. The van der Waals surface area contributed by atoms with E-state index in [1.54, 1.807) is 36.4 Å². The molecule has 7 heteroatoms. The summed E-state index contributed by atoms with van der Waals surface area (Å²) >= 11 is 12.7. The lowest BCUT2D eigenvalue weighted by atomic mass is 9.96. The number of benzene rings is 3. The van der Waals surface area contributed by atoms with E-state index < -0.39 is 11.6 Å². The monoisotopic (exact) mass is 485 g/mol. The van der Waals surface area contributed by atoms with E-state index in [-0.39, 0.29) is 5.56 Å². The van der Waals surface area contributed by atoms with Crippen molar-refractivity contribution in [2.75, 3.05) is 26.3 Å². The number of halogens is 3. The molecule has 2 aliphatic rings. The minimum Gasteiger partial charge on any atom is -0.440 e. The van der Waals surface area contributed by atoms with E-state index in [2.05, 4.69) is 11.5 Å². The Hall–Kier alpha value is -2.73. The first-order valence-electron chi connectivity index (χ1n) is 10.6. The number of hydrogen-bond acceptors (Lipinski definition) is 4. The Balaban J connectivity index is 1.61. The minimum absolute atomic E-state index is 0.219. The van der Waals surface area contributed by atoms with Crippen molar-refractivity contribution in [3.63, 3.8) is 0 Å². The summed E-state index contributed by atoms with van der Waals surface area (Å²) in [4.78, 5) is 2.19. The molecule has 1 unspecified atom stereocenters. The molecule has 0 aromatic heterocycles. The molecule has 4 nitrogen and oxygen atoms in total. The van der Waals surface area contributed by atoms with Crippen LogP contribution in [0.25, 0.3) is 5.70 Å². The van der Waals surface area contributed by atoms with Crippen molar-refractivity contribution in [1.82, 2.24) is 4.90 Å². The van der Waals surface area contributed by atoms with Crippen molar-refractivity contribution in [3.8, 4) is 11.5 Å². The highest BCUT2D eigenvalue weighted by Gasteiger charge is 2.49. The van der Waals surface area contributed by atoms with Gasteiger partial charge in [-0.05, 0) is 55.0 Å². The number of morpholine rings is 1. The van der Waals surface area contributed by atoms with Crippen molar-refractivity contribution in [1.29, 1.82) is 0 Å². The SMILES string of the molecule is C=C(c1cc2c(cc1C)OC(c1ccccc1F)(c1ccc(Cl)cc1Cl)O2)N1CCOCC1. The molecule has 3 aromatic carbocycles. The smallest absolute Gasteiger partial charge is 0.309 e. The van der Waals surface area contributed by atoms with Crippen LogP contribution in [0.15, 0.2) is 61.2 Å². The topological polar surface area (TPSA) is 30.9 Å². The van der Waals surface area contributed by atoms with Gasteiger partial charge in [-0.25, -0.2) is 4.39 Å². The molecular weight excluding hydrogens is 464 g/mol. The van der Waals surface area contributed by atoms with Gasteiger partial charge in [0.2, 0.25) is 0 Å². The van der Waals surface area contributed by atoms with E-state index in [0.717, 1.165) is 29.9 Å². The number of aryl methyl sites for hydroxylation is 1. The minimum atomic E-state index is -1.60. The normalized spacial score (nSPS) is 19.6. The highest BCUT2D eigenvalue weighted by molar-refractivity contribution is 6.35. The largest absolute Gasteiger partial charge is 0.440 e. The molecular formula is C26H22Cl2FNO3. The zero-order valence-electron chi connectivity index (χ0n) is 18.0. The molecule has 2 heterocycles. The van der Waals surface area contributed by atoms with Crippen molar-refractivity contribution in [3.05, 3.63) is 99.3 Å². The Labute approximate surface area is 202 Å². The summed E-state index contributed by atoms with van der Waals surface area (Å²) in [6.45, 7) is 9.15. The molecule has 1 atom stereocenters. The Morgan fingerprint density at radius 2 is 1.67 bits per heavy atom. The lowest BCUT2D eigenvalue weighted by molar-refractivity contribution is -0.0486. The van der Waals surface area contributed by atoms with E-state index >= 15 is 4.39 Å². The van der Waals surface area contributed by atoms with Crippen molar-refractivity contribution in [2.24, 2.45) is 0 Å². The molecule has 1 fully saturated rings. The van der Waals surface area contributed by atoms with Gasteiger partial charge in [0.25, 0.3) is 0 Å². The summed E-state index contributed by atoms with van der Waals surface area (Å²) in [5.74, 6) is -1.08. The highest BCUT2D eigenvalue weighted by atomic mass is 35.5. The predicted molar refractivity (Wildman–Crippen MR) is 128 cm³/mol. The van der Waals surface area contributed by atoms with Gasteiger partial charge in [0.15, 0.2) is 11.5 Å². The molecule has 0 aliphatic carbocycles. The van der Waals surface area contributed by atoms with Crippen LogP contribution in [0.4, 0.5) is 4.39 Å². The van der Waals surface area contributed by atoms with Crippen LogP contribution in [0.2, 0.25) is 10.0 Å². The van der Waals surface area contributed by atoms with E-state index in [1.807, 2.05) is 19.1 Å². The molecule has 0 bridgehead atoms. The molecule has 3 aromatic rings. The number of fused-ring (bicyclic) bond motifs is 1. The summed E-state index contributed by atoms with van der Waals surface area (Å²) in [6.07, 6.45) is 0. The van der Waals surface area contributed by atoms with Gasteiger partial charge in [-0.15, -0.1) is 0 Å². The Kier molecular flexibility index (Phi) is 5.73. The molecule has 0 spiro atoms. The van der Waals surface area contributed by atoms with Crippen LogP contribution >= 0.6 is 23.2 Å². The predicted octanol–water partition coefficient (Wildman–Crippen LogP) is 6.42. The van der Waals surface area contributed by atoms with Gasteiger partial charge in [0.05, 0.1) is 29.4 Å². The standard InChI is InChI=1S/C26H22Cl2FNO3/c1-16-13-24-25(15-19(16)17(2)30-9-11-31-12-10-30)33-26(32-24,21-5-3-4-6-23(21)29)20-8-7-18(27)14-22(20)28/h3-8,13-15H,2,9-12H2,1H3. The van der Waals surface area contributed by atoms with Crippen LogP contribution in [0.5, 0.6) is 11.5 Å². The maximum absolute atomic E-state index is 15.1. The molecule has 5 rings (SSSR count). The van der Waals surface area contributed by atoms with Crippen LogP contribution in [-0.4, -0.2) is 31.2 Å². The third-order valence-electron chi connectivity index (χ3n) is 6.02. The number of hydrogen-bond donors (Lipinski definition) is 0. The van der Waals surface area contributed by atoms with E-state index in [0.29, 0.717) is 40.3 Å². The van der Waals surface area contributed by atoms with Crippen LogP contribution in [0.1, 0.15) is 22.3 Å².